The second-order valence-electron chi connectivity index (χ2n) is 7.86. The SMILES string of the molecule is COc1cc(C2C(C#N)=C(SCC(=O)Nc3ccc(F)cc3)NC3=C2C(=O)CCC3)ccc1O. The number of ether oxygens (including phenoxy) is 1. The Labute approximate surface area is 200 Å². The maximum Gasteiger partial charge on any atom is 0.234 e. The van der Waals surface area contributed by atoms with E-state index in [9.17, 15) is 24.3 Å². The molecule has 1 heterocycles. The number of nitrogens with zero attached hydrogens (tertiary/aromatic N) is 1. The smallest absolute Gasteiger partial charge is 0.234 e. The van der Waals surface area contributed by atoms with Gasteiger partial charge in [0.15, 0.2) is 17.3 Å². The molecule has 0 radical (unpaired) electrons. The number of dihydropyridines is 1. The van der Waals surface area contributed by atoms with Crippen LogP contribution in [0.4, 0.5) is 10.1 Å². The highest BCUT2D eigenvalue weighted by Gasteiger charge is 2.37. The minimum atomic E-state index is -0.633. The van der Waals surface area contributed by atoms with Gasteiger partial charge in [0.2, 0.25) is 5.91 Å². The van der Waals surface area contributed by atoms with Crippen molar-refractivity contribution in [2.75, 3.05) is 18.2 Å². The monoisotopic (exact) mass is 479 g/mol. The van der Waals surface area contributed by atoms with E-state index < -0.39 is 11.7 Å². The lowest BCUT2D eigenvalue weighted by molar-refractivity contribution is -0.116. The second-order valence-corrected chi connectivity index (χ2v) is 8.84. The molecule has 174 valence electrons. The van der Waals surface area contributed by atoms with E-state index in [0.29, 0.717) is 46.7 Å². The van der Waals surface area contributed by atoms with Crippen molar-refractivity contribution in [3.8, 4) is 17.6 Å². The molecule has 0 saturated carbocycles. The summed E-state index contributed by atoms with van der Waals surface area (Å²) in [5.74, 6) is -1.17. The van der Waals surface area contributed by atoms with Gasteiger partial charge in [-0.2, -0.15) is 5.26 Å². The van der Waals surface area contributed by atoms with Crippen LogP contribution in [0.5, 0.6) is 11.5 Å². The standard InChI is InChI=1S/C25H22FN3O4S/c1-33-21-11-14(5-10-19(21)30)23-17(12-27)25(29-18-3-2-4-20(31)24(18)23)34-13-22(32)28-16-8-6-15(26)7-9-16/h5-11,23,29-30H,2-4,13H2,1H3,(H,28,32). The lowest BCUT2D eigenvalue weighted by Crippen LogP contribution is -2.31. The number of benzene rings is 2. The van der Waals surface area contributed by atoms with Crippen LogP contribution in [-0.2, 0) is 9.59 Å². The molecule has 0 bridgehead atoms. The molecule has 0 fully saturated rings. The minimum absolute atomic E-state index is 0.00701. The molecule has 1 amide bonds. The zero-order valence-corrected chi connectivity index (χ0v) is 19.2. The maximum atomic E-state index is 13.1. The Balaban J connectivity index is 1.64. The van der Waals surface area contributed by atoms with Gasteiger partial charge in [0, 0.05) is 23.4 Å². The number of thioether (sulfide) groups is 1. The molecule has 4 rings (SSSR count). The maximum absolute atomic E-state index is 13.1. The molecule has 2 aromatic carbocycles. The first-order valence-electron chi connectivity index (χ1n) is 10.6. The van der Waals surface area contributed by atoms with Crippen molar-refractivity contribution >= 4 is 29.1 Å². The van der Waals surface area contributed by atoms with Crippen molar-refractivity contribution in [1.29, 1.82) is 5.26 Å². The molecule has 1 atom stereocenters. The number of hydrogen-bond acceptors (Lipinski definition) is 7. The summed E-state index contributed by atoms with van der Waals surface area (Å²) in [6, 6.07) is 12.4. The van der Waals surface area contributed by atoms with Crippen LogP contribution in [0, 0.1) is 17.1 Å². The van der Waals surface area contributed by atoms with Gasteiger partial charge < -0.3 is 20.5 Å². The van der Waals surface area contributed by atoms with Crippen LogP contribution >= 0.6 is 11.8 Å². The molecule has 0 saturated heterocycles. The fourth-order valence-corrected chi connectivity index (χ4v) is 4.97. The van der Waals surface area contributed by atoms with Gasteiger partial charge in [0.05, 0.1) is 35.5 Å². The Morgan fingerprint density at radius 3 is 2.76 bits per heavy atom. The van der Waals surface area contributed by atoms with Gasteiger partial charge in [-0.15, -0.1) is 0 Å². The lowest BCUT2D eigenvalue weighted by Gasteiger charge is -2.33. The highest BCUT2D eigenvalue weighted by Crippen LogP contribution is 2.45. The average Bonchev–Trinajstić information content (AvgIpc) is 2.84. The van der Waals surface area contributed by atoms with Crippen LogP contribution in [0.2, 0.25) is 0 Å². The van der Waals surface area contributed by atoms with Gasteiger partial charge >= 0.3 is 0 Å². The molecule has 1 aliphatic carbocycles. The van der Waals surface area contributed by atoms with Gasteiger partial charge in [-0.05, 0) is 54.8 Å². The Morgan fingerprint density at radius 2 is 2.06 bits per heavy atom. The largest absolute Gasteiger partial charge is 0.504 e. The average molecular weight is 480 g/mol. The van der Waals surface area contributed by atoms with E-state index in [0.717, 1.165) is 17.5 Å². The molecule has 1 unspecified atom stereocenters. The molecule has 3 N–H and O–H groups in total. The van der Waals surface area contributed by atoms with Crippen molar-refractivity contribution in [2.24, 2.45) is 0 Å². The highest BCUT2D eigenvalue weighted by atomic mass is 32.2. The van der Waals surface area contributed by atoms with Crippen molar-refractivity contribution in [1.82, 2.24) is 5.32 Å². The number of Topliss-reactive ketones (excluding diaryl/α,β-unsaturated/α-hetero) is 1. The molecule has 1 aliphatic heterocycles. The second kappa shape index (κ2) is 10.0. The van der Waals surface area contributed by atoms with E-state index >= 15 is 0 Å². The van der Waals surface area contributed by atoms with E-state index in [1.807, 2.05) is 0 Å². The number of ketones is 1. The normalized spacial score (nSPS) is 17.6. The highest BCUT2D eigenvalue weighted by molar-refractivity contribution is 8.03. The predicted molar refractivity (Wildman–Crippen MR) is 127 cm³/mol. The Kier molecular flexibility index (Phi) is 6.89. The molecule has 7 nitrogen and oxygen atoms in total. The summed E-state index contributed by atoms with van der Waals surface area (Å²) >= 11 is 1.16. The zero-order valence-electron chi connectivity index (χ0n) is 18.4. The third kappa shape index (κ3) is 4.77. The number of rotatable bonds is 6. The van der Waals surface area contributed by atoms with Gasteiger partial charge in [0.25, 0.3) is 0 Å². The number of halogens is 1. The van der Waals surface area contributed by atoms with E-state index in [4.69, 9.17) is 4.74 Å². The lowest BCUT2D eigenvalue weighted by atomic mass is 9.77. The molecule has 0 aromatic heterocycles. The Bertz CT molecular complexity index is 1250. The first-order chi connectivity index (χ1) is 16.4. The number of methoxy groups -OCH3 is 1. The fourth-order valence-electron chi connectivity index (χ4n) is 4.11. The van der Waals surface area contributed by atoms with E-state index in [2.05, 4.69) is 16.7 Å². The molecule has 0 spiro atoms. The van der Waals surface area contributed by atoms with Crippen LogP contribution in [0.1, 0.15) is 30.7 Å². The predicted octanol–water partition coefficient (Wildman–Crippen LogP) is 4.34. The zero-order chi connectivity index (χ0) is 24.2. The number of nitriles is 1. The van der Waals surface area contributed by atoms with Gasteiger partial charge in [-0.1, -0.05) is 17.8 Å². The summed E-state index contributed by atoms with van der Waals surface area (Å²) in [5, 5.41) is 26.5. The number of amides is 1. The molecular weight excluding hydrogens is 457 g/mol. The number of carbonyl (C=O) groups excluding carboxylic acids is 2. The number of anilines is 1. The number of nitrogens with one attached hydrogen (secondary N) is 2. The number of phenols is 1. The molecule has 2 aromatic rings. The number of phenolic OH excluding ortho intramolecular Hbond substituents is 1. The Morgan fingerprint density at radius 1 is 1.29 bits per heavy atom. The number of hydrogen-bond donors (Lipinski definition) is 3. The number of carbonyl (C=O) groups is 2. The first kappa shape index (κ1) is 23.4. The van der Waals surface area contributed by atoms with Gasteiger partial charge in [0.1, 0.15) is 5.82 Å². The van der Waals surface area contributed by atoms with Crippen molar-refractivity contribution in [3.63, 3.8) is 0 Å². The first-order valence-corrected chi connectivity index (χ1v) is 11.6. The van der Waals surface area contributed by atoms with Crippen LogP contribution in [0.3, 0.4) is 0 Å². The quantitative estimate of drug-likeness (QED) is 0.565. The van der Waals surface area contributed by atoms with E-state index in [1.165, 1.54) is 37.4 Å². The Hall–Kier alpha value is -3.77. The van der Waals surface area contributed by atoms with Crippen molar-refractivity contribution in [3.05, 3.63) is 75.7 Å². The third-order valence-corrected chi connectivity index (χ3v) is 6.69. The van der Waals surface area contributed by atoms with E-state index in [1.54, 1.807) is 12.1 Å². The van der Waals surface area contributed by atoms with E-state index in [-0.39, 0.29) is 28.9 Å². The molecule has 2 aliphatic rings. The fraction of sp³-hybridized carbons (Fsp3) is 0.240. The molecular formula is C25H22FN3O4S. The van der Waals surface area contributed by atoms with Crippen LogP contribution in [0.25, 0.3) is 0 Å². The van der Waals surface area contributed by atoms with Crippen LogP contribution in [0.15, 0.2) is 64.3 Å². The van der Waals surface area contributed by atoms with Crippen molar-refractivity contribution in [2.45, 2.75) is 25.2 Å². The summed E-state index contributed by atoms with van der Waals surface area (Å²) in [5.41, 5.74) is 2.71. The molecule has 9 heteroatoms. The summed E-state index contributed by atoms with van der Waals surface area (Å²) in [6.45, 7) is 0. The number of allylic oxidation sites excluding steroid dienone is 3. The summed E-state index contributed by atoms with van der Waals surface area (Å²) in [7, 11) is 1.43. The number of aromatic hydroxyl groups is 1. The minimum Gasteiger partial charge on any atom is -0.504 e. The van der Waals surface area contributed by atoms with Crippen LogP contribution in [-0.4, -0.2) is 29.7 Å². The topological polar surface area (TPSA) is 111 Å². The van der Waals surface area contributed by atoms with Gasteiger partial charge in [-0.3, -0.25) is 9.59 Å². The third-order valence-electron chi connectivity index (χ3n) is 5.68. The van der Waals surface area contributed by atoms with Gasteiger partial charge in [-0.25, -0.2) is 4.39 Å². The molecule has 34 heavy (non-hydrogen) atoms. The van der Waals surface area contributed by atoms with Crippen LogP contribution < -0.4 is 15.4 Å². The summed E-state index contributed by atoms with van der Waals surface area (Å²) in [6.07, 6.45) is 1.74. The summed E-state index contributed by atoms with van der Waals surface area (Å²) < 4.78 is 18.3. The summed E-state index contributed by atoms with van der Waals surface area (Å²) in [4.78, 5) is 25.4. The van der Waals surface area contributed by atoms with Crippen molar-refractivity contribution < 1.29 is 23.8 Å².